The predicted octanol–water partition coefficient (Wildman–Crippen LogP) is 5.56. The molecule has 15 heteroatoms. The molecule has 166 valence electrons. The summed E-state index contributed by atoms with van der Waals surface area (Å²) in [6.07, 6.45) is -5.29. The largest absolute Gasteiger partial charge is 0.477 e. The Kier molecular flexibility index (Phi) is 6.91. The van der Waals surface area contributed by atoms with Crippen LogP contribution in [0, 0.1) is 37.3 Å². The Morgan fingerprint density at radius 3 is 1.84 bits per heavy atom. The second-order valence-corrected chi connectivity index (χ2v) is 6.90. The van der Waals surface area contributed by atoms with Gasteiger partial charge in [-0.25, -0.2) is 0 Å². The van der Waals surface area contributed by atoms with Crippen LogP contribution in [0.25, 0.3) is 0 Å². The molecule has 0 aliphatic rings. The summed E-state index contributed by atoms with van der Waals surface area (Å²) in [5.74, 6) is -0.808. The van der Waals surface area contributed by atoms with Gasteiger partial charge in [-0.1, -0.05) is 23.2 Å². The van der Waals surface area contributed by atoms with Gasteiger partial charge in [-0.2, -0.15) is 13.2 Å². The van der Waals surface area contributed by atoms with Crippen molar-refractivity contribution in [1.29, 1.82) is 0 Å². The number of hydrogen-bond donors (Lipinski definition) is 0. The fraction of sp³-hybridized carbons (Fsp3) is 0.250. The van der Waals surface area contributed by atoms with Crippen molar-refractivity contribution in [2.75, 3.05) is 6.61 Å². The quantitative estimate of drug-likeness (QED) is 0.370. The highest BCUT2D eigenvalue weighted by molar-refractivity contribution is 6.36. The van der Waals surface area contributed by atoms with Gasteiger partial charge in [0.05, 0.1) is 30.9 Å². The zero-order chi connectivity index (χ0) is 23.7. The van der Waals surface area contributed by atoms with Gasteiger partial charge in [-0.05, 0) is 12.5 Å². The highest BCUT2D eigenvalue weighted by Gasteiger charge is 2.34. The first kappa shape index (κ1) is 24.1. The van der Waals surface area contributed by atoms with Crippen molar-refractivity contribution >= 4 is 40.3 Å². The van der Waals surface area contributed by atoms with E-state index in [1.807, 2.05) is 0 Å². The van der Waals surface area contributed by atoms with Gasteiger partial charge >= 0.3 is 11.9 Å². The summed E-state index contributed by atoms with van der Waals surface area (Å²) in [4.78, 5) is 30.8. The number of hydrogen-bond acceptors (Lipinski definition) is 7. The van der Waals surface area contributed by atoms with Gasteiger partial charge < -0.3 is 4.74 Å². The van der Waals surface area contributed by atoms with E-state index in [0.29, 0.717) is 6.07 Å². The van der Waals surface area contributed by atoms with Gasteiger partial charge in [0.15, 0.2) is 6.61 Å². The summed E-state index contributed by atoms with van der Waals surface area (Å²) in [7, 11) is 0. The normalized spacial score (nSPS) is 11.3. The molecule has 0 N–H and O–H groups in total. The molecule has 0 unspecified atom stereocenters. The molecule has 0 spiro atoms. The molecule has 0 saturated heterocycles. The minimum atomic E-state index is -4.83. The van der Waals surface area contributed by atoms with Crippen LogP contribution in [0.5, 0.6) is 5.75 Å². The highest BCUT2D eigenvalue weighted by atomic mass is 35.5. The van der Waals surface area contributed by atoms with E-state index in [0.717, 1.165) is 19.1 Å². The van der Waals surface area contributed by atoms with Crippen molar-refractivity contribution in [3.8, 4) is 5.75 Å². The van der Waals surface area contributed by atoms with Crippen molar-refractivity contribution in [2.45, 2.75) is 19.5 Å². The van der Waals surface area contributed by atoms with E-state index in [4.69, 9.17) is 23.2 Å². The van der Waals surface area contributed by atoms with Crippen LogP contribution in [0.3, 0.4) is 0 Å². The third-order valence-corrected chi connectivity index (χ3v) is 4.75. The van der Waals surface area contributed by atoms with Crippen LogP contribution in [0.4, 0.5) is 30.2 Å². The third-order valence-electron chi connectivity index (χ3n) is 4.07. The lowest BCUT2D eigenvalue weighted by Gasteiger charge is -2.16. The number of nitrogens with zero attached hydrogens (tertiary/aromatic N) is 3. The number of halogens is 5. The summed E-state index contributed by atoms with van der Waals surface area (Å²) < 4.78 is 42.3. The van der Waals surface area contributed by atoms with Crippen LogP contribution in [-0.2, 0) is 6.42 Å². The topological polar surface area (TPSA) is 139 Å². The van der Waals surface area contributed by atoms with Crippen LogP contribution in [0.15, 0.2) is 18.2 Å². The second-order valence-electron chi connectivity index (χ2n) is 6.09. The number of alkyl halides is 3. The summed E-state index contributed by atoms with van der Waals surface area (Å²) >= 11 is 12.0. The van der Waals surface area contributed by atoms with Gasteiger partial charge in [0.25, 0.3) is 11.4 Å². The average Bonchev–Trinajstić information content (AvgIpc) is 2.62. The van der Waals surface area contributed by atoms with E-state index < -0.39 is 56.8 Å². The fourth-order valence-electron chi connectivity index (χ4n) is 2.70. The molecule has 0 fully saturated rings. The van der Waals surface area contributed by atoms with E-state index in [9.17, 15) is 43.5 Å². The van der Waals surface area contributed by atoms with Crippen LogP contribution < -0.4 is 4.74 Å². The minimum absolute atomic E-state index is 0.00393. The molecule has 2 rings (SSSR count). The molecular weight excluding hydrogens is 474 g/mol. The molecule has 10 nitrogen and oxygen atoms in total. The average molecular weight is 484 g/mol. The molecule has 2 aromatic carbocycles. The molecule has 0 radical (unpaired) electrons. The first-order chi connectivity index (χ1) is 14.2. The smallest absolute Gasteiger partial charge is 0.422 e. The van der Waals surface area contributed by atoms with Crippen molar-refractivity contribution < 1.29 is 32.7 Å². The molecule has 0 saturated carbocycles. The Bertz CT molecular complexity index is 1070. The van der Waals surface area contributed by atoms with E-state index >= 15 is 0 Å². The van der Waals surface area contributed by atoms with E-state index in [-0.39, 0.29) is 26.7 Å². The van der Waals surface area contributed by atoms with Crippen molar-refractivity contribution in [1.82, 2.24) is 0 Å². The molecule has 0 aromatic heterocycles. The molecule has 0 amide bonds. The Morgan fingerprint density at radius 2 is 1.42 bits per heavy atom. The summed E-state index contributed by atoms with van der Waals surface area (Å²) in [6, 6.07) is 2.36. The number of nitro benzene ring substituents is 3. The lowest BCUT2D eigenvalue weighted by molar-refractivity contribution is -0.395. The molecule has 2 aromatic rings. The monoisotopic (exact) mass is 483 g/mol. The molecule has 0 atom stereocenters. The number of rotatable bonds is 7. The first-order valence-electron chi connectivity index (χ1n) is 8.00. The fourth-order valence-corrected chi connectivity index (χ4v) is 3.31. The van der Waals surface area contributed by atoms with Crippen molar-refractivity contribution in [3.63, 3.8) is 0 Å². The van der Waals surface area contributed by atoms with Gasteiger partial charge in [0.2, 0.25) is 5.75 Å². The first-order valence-corrected chi connectivity index (χ1v) is 8.75. The number of nitro groups is 3. The lowest BCUT2D eigenvalue weighted by atomic mass is 9.96. The summed E-state index contributed by atoms with van der Waals surface area (Å²) in [5.41, 5.74) is -2.84. The molecule has 0 aliphatic heterocycles. The predicted molar refractivity (Wildman–Crippen MR) is 102 cm³/mol. The summed E-state index contributed by atoms with van der Waals surface area (Å²) in [5, 5.41) is 33.2. The molecule has 0 bridgehead atoms. The van der Waals surface area contributed by atoms with E-state index in [1.54, 1.807) is 0 Å². The van der Waals surface area contributed by atoms with E-state index in [2.05, 4.69) is 4.74 Å². The standard InChI is InChI=1S/C16H10Cl2F3N3O7/c1-7-9(4-10-11(17)2-8(22(25)26)3-12(10)18)13(23(27)28)5-14(24(29)30)15(7)31-6-16(19,20)21/h2-3,5H,4,6H2,1H3. The van der Waals surface area contributed by atoms with Crippen LogP contribution in [0.2, 0.25) is 10.0 Å². The minimum Gasteiger partial charge on any atom is -0.477 e. The number of ether oxygens (including phenoxy) is 1. The van der Waals surface area contributed by atoms with Gasteiger partial charge in [-0.15, -0.1) is 0 Å². The zero-order valence-electron chi connectivity index (χ0n) is 15.2. The lowest BCUT2D eigenvalue weighted by Crippen LogP contribution is -2.20. The molecule has 0 aliphatic carbocycles. The van der Waals surface area contributed by atoms with Crippen molar-refractivity contribution in [2.24, 2.45) is 0 Å². The Labute approximate surface area is 180 Å². The highest BCUT2D eigenvalue weighted by Crippen LogP contribution is 2.42. The van der Waals surface area contributed by atoms with Gasteiger partial charge in [0, 0.05) is 29.7 Å². The molecule has 31 heavy (non-hydrogen) atoms. The molecule has 0 heterocycles. The molecular formula is C16H10Cl2F3N3O7. The number of benzene rings is 2. The van der Waals surface area contributed by atoms with Crippen LogP contribution in [-0.4, -0.2) is 27.6 Å². The summed E-state index contributed by atoms with van der Waals surface area (Å²) in [6.45, 7) is -0.765. The number of non-ortho nitro benzene ring substituents is 1. The van der Waals surface area contributed by atoms with Gasteiger partial charge in [-0.3, -0.25) is 30.3 Å². The van der Waals surface area contributed by atoms with Crippen molar-refractivity contribution in [3.05, 3.63) is 75.3 Å². The van der Waals surface area contributed by atoms with E-state index in [1.165, 1.54) is 0 Å². The maximum atomic E-state index is 12.6. The second kappa shape index (κ2) is 8.89. The maximum absolute atomic E-state index is 12.6. The van der Waals surface area contributed by atoms with Crippen LogP contribution >= 0.6 is 23.2 Å². The zero-order valence-corrected chi connectivity index (χ0v) is 16.7. The maximum Gasteiger partial charge on any atom is 0.422 e. The Hall–Kier alpha value is -3.19. The SMILES string of the molecule is Cc1c(Cc2c(Cl)cc([N+](=O)[O-])cc2Cl)c([N+](=O)[O-])cc([N+](=O)[O-])c1OCC(F)(F)F. The Balaban J connectivity index is 2.70. The van der Waals surface area contributed by atoms with Crippen LogP contribution in [0.1, 0.15) is 16.7 Å². The van der Waals surface area contributed by atoms with Gasteiger partial charge in [0.1, 0.15) is 0 Å². The Morgan fingerprint density at radius 1 is 0.903 bits per heavy atom. The third kappa shape index (κ3) is 5.49.